The van der Waals surface area contributed by atoms with Crippen LogP contribution in [0.5, 0.6) is 0 Å². The lowest BCUT2D eigenvalue weighted by molar-refractivity contribution is -0.139. The van der Waals surface area contributed by atoms with Crippen molar-refractivity contribution >= 4 is 28.4 Å². The quantitative estimate of drug-likeness (QED) is 0.539. The Bertz CT molecular complexity index is 1220. The molecule has 2 bridgehead atoms. The first-order valence-electron chi connectivity index (χ1n) is 12.6. The number of carbonyl (C=O) groups is 3. The summed E-state index contributed by atoms with van der Waals surface area (Å²) >= 11 is 0. The van der Waals surface area contributed by atoms with Gasteiger partial charge in [0.05, 0.1) is 24.8 Å². The molecule has 3 heterocycles. The second-order valence-electron chi connectivity index (χ2n) is 10.3. The van der Waals surface area contributed by atoms with Gasteiger partial charge in [-0.15, -0.1) is 0 Å². The van der Waals surface area contributed by atoms with Gasteiger partial charge in [-0.3, -0.25) is 19.1 Å². The summed E-state index contributed by atoms with van der Waals surface area (Å²) < 4.78 is 7.64. The minimum absolute atomic E-state index is 0.00231. The summed E-state index contributed by atoms with van der Waals surface area (Å²) in [5.41, 5.74) is 3.11. The summed E-state index contributed by atoms with van der Waals surface area (Å²) in [6.07, 6.45) is 6.96. The molecule has 0 radical (unpaired) electrons. The molecule has 1 N–H and O–H groups in total. The largest absolute Gasteiger partial charge is 0.377 e. The van der Waals surface area contributed by atoms with Crippen molar-refractivity contribution in [2.24, 2.45) is 5.41 Å². The lowest BCUT2D eigenvalue weighted by atomic mass is 9.97. The maximum atomic E-state index is 13.7. The van der Waals surface area contributed by atoms with Crippen molar-refractivity contribution in [1.29, 1.82) is 0 Å². The summed E-state index contributed by atoms with van der Waals surface area (Å²) in [7, 11) is 0. The highest BCUT2D eigenvalue weighted by Crippen LogP contribution is 2.60. The lowest BCUT2D eigenvalue weighted by Gasteiger charge is -2.26. The van der Waals surface area contributed by atoms with Gasteiger partial charge in [-0.25, -0.2) is 0 Å². The van der Waals surface area contributed by atoms with Crippen LogP contribution in [0.2, 0.25) is 0 Å². The van der Waals surface area contributed by atoms with E-state index in [0.717, 1.165) is 41.4 Å². The van der Waals surface area contributed by atoms with Gasteiger partial charge >= 0.3 is 0 Å². The molecule has 0 unspecified atom stereocenters. The number of carbonyl (C=O) groups excluding carboxylic acids is 3. The maximum absolute atomic E-state index is 13.7. The van der Waals surface area contributed by atoms with E-state index in [2.05, 4.69) is 22.6 Å². The molecule has 186 valence electrons. The molecule has 1 saturated carbocycles. The van der Waals surface area contributed by atoms with Crippen molar-refractivity contribution in [2.75, 3.05) is 19.8 Å². The van der Waals surface area contributed by atoms with Crippen LogP contribution in [-0.4, -0.2) is 64.0 Å². The molecular formula is C27H34N4O4. The van der Waals surface area contributed by atoms with E-state index in [9.17, 15) is 14.4 Å². The molecule has 1 saturated heterocycles. The number of aryl methyl sites for hydroxylation is 1. The molecule has 3 atom stereocenters. The van der Waals surface area contributed by atoms with Gasteiger partial charge in [-0.2, -0.15) is 5.10 Å². The number of hydrogen-bond acceptors (Lipinski definition) is 6. The summed E-state index contributed by atoms with van der Waals surface area (Å²) in [6.45, 7) is 7.87. The molecule has 8 heteroatoms. The number of rotatable bonds is 3. The number of hydrogen-bond donors (Lipinski definition) is 1. The second kappa shape index (κ2) is 9.32. The Balaban J connectivity index is 1.57. The van der Waals surface area contributed by atoms with Gasteiger partial charge in [0.25, 0.3) is 0 Å². The van der Waals surface area contributed by atoms with Gasteiger partial charge in [-0.1, -0.05) is 25.1 Å². The first-order valence-corrected chi connectivity index (χ1v) is 12.6. The Labute approximate surface area is 205 Å². The average Bonchev–Trinajstić information content (AvgIpc) is 3.23. The predicted molar refractivity (Wildman–Crippen MR) is 132 cm³/mol. The highest BCUT2D eigenvalue weighted by Gasteiger charge is 2.66. The smallest absolute Gasteiger partial charge is 0.245 e. The minimum Gasteiger partial charge on any atom is -0.377 e. The van der Waals surface area contributed by atoms with Gasteiger partial charge in [-0.05, 0) is 49.9 Å². The molecule has 2 aromatic rings. The van der Waals surface area contributed by atoms with Crippen molar-refractivity contribution < 1.29 is 19.1 Å². The molecule has 35 heavy (non-hydrogen) atoms. The van der Waals surface area contributed by atoms with Crippen molar-refractivity contribution in [3.05, 3.63) is 41.1 Å². The van der Waals surface area contributed by atoms with Crippen LogP contribution in [0.25, 0.3) is 10.9 Å². The summed E-state index contributed by atoms with van der Waals surface area (Å²) in [4.78, 5) is 40.8. The zero-order valence-corrected chi connectivity index (χ0v) is 20.8. The summed E-state index contributed by atoms with van der Waals surface area (Å²) in [5.74, 6) is -0.157. The van der Waals surface area contributed by atoms with E-state index in [1.807, 2.05) is 26.0 Å². The SMILES string of the molecule is CCC(=O)[C@@H]1C[C@]23COC/C=C\CCNCc4cc(C)cc5c(C(C)=O)nn(c45)CC(=O)N1[C@@H]2C3. The van der Waals surface area contributed by atoms with Gasteiger partial charge in [0.15, 0.2) is 11.6 Å². The summed E-state index contributed by atoms with van der Waals surface area (Å²) in [5, 5.41) is 8.85. The Morgan fingerprint density at radius 1 is 1.26 bits per heavy atom. The van der Waals surface area contributed by atoms with Crippen LogP contribution in [-0.2, 0) is 27.4 Å². The number of amides is 1. The molecule has 2 fully saturated rings. The Morgan fingerprint density at radius 2 is 2.09 bits per heavy atom. The fraction of sp³-hybridized carbons (Fsp3) is 0.556. The monoisotopic (exact) mass is 478 g/mol. The third-order valence-electron chi connectivity index (χ3n) is 7.69. The van der Waals surface area contributed by atoms with E-state index in [0.29, 0.717) is 38.3 Å². The number of ketones is 2. The second-order valence-corrected chi connectivity index (χ2v) is 10.3. The van der Waals surface area contributed by atoms with E-state index >= 15 is 0 Å². The van der Waals surface area contributed by atoms with Crippen LogP contribution >= 0.6 is 0 Å². The first-order chi connectivity index (χ1) is 16.8. The molecule has 1 aromatic heterocycles. The maximum Gasteiger partial charge on any atom is 0.245 e. The van der Waals surface area contributed by atoms with Crippen molar-refractivity contribution in [2.45, 2.75) is 71.6 Å². The fourth-order valence-electron chi connectivity index (χ4n) is 5.91. The summed E-state index contributed by atoms with van der Waals surface area (Å²) in [6, 6.07) is 3.66. The van der Waals surface area contributed by atoms with Gasteiger partial charge in [0.2, 0.25) is 5.91 Å². The zero-order valence-electron chi connectivity index (χ0n) is 20.8. The van der Waals surface area contributed by atoms with E-state index in [1.54, 1.807) is 9.58 Å². The molecular weight excluding hydrogens is 444 g/mol. The number of benzene rings is 1. The molecule has 1 amide bonds. The van der Waals surface area contributed by atoms with Gasteiger partial charge < -0.3 is 15.0 Å². The fourth-order valence-corrected chi connectivity index (χ4v) is 5.91. The zero-order chi connectivity index (χ0) is 24.7. The number of nitrogens with one attached hydrogen (secondary N) is 1. The van der Waals surface area contributed by atoms with E-state index in [-0.39, 0.29) is 35.5 Å². The Hall–Kier alpha value is -2.84. The highest BCUT2D eigenvalue weighted by atomic mass is 16.5. The van der Waals surface area contributed by atoms with Gasteiger partial charge in [0, 0.05) is 36.7 Å². The third kappa shape index (κ3) is 4.34. The molecule has 3 aliphatic rings. The van der Waals surface area contributed by atoms with Crippen LogP contribution in [0.4, 0.5) is 0 Å². The third-order valence-corrected chi connectivity index (χ3v) is 7.69. The lowest BCUT2D eigenvalue weighted by Crippen LogP contribution is -2.44. The van der Waals surface area contributed by atoms with Crippen LogP contribution in [0.3, 0.4) is 0 Å². The number of nitrogens with zero attached hydrogens (tertiary/aromatic N) is 3. The molecule has 1 aromatic carbocycles. The Kier molecular flexibility index (Phi) is 6.36. The van der Waals surface area contributed by atoms with E-state index in [1.165, 1.54) is 6.92 Å². The molecule has 1 aliphatic carbocycles. The molecule has 8 nitrogen and oxygen atoms in total. The number of piperidine rings is 1. The minimum atomic E-state index is -0.415. The van der Waals surface area contributed by atoms with Crippen molar-refractivity contribution in [3.8, 4) is 0 Å². The van der Waals surface area contributed by atoms with Crippen molar-refractivity contribution in [1.82, 2.24) is 20.0 Å². The standard InChI is InChI=1S/C27H34N4O4/c1-4-22(33)21-12-27-13-23(27)31(21)24(34)15-30-26-19(14-28-8-6-5-7-9-35-16-27)10-17(2)11-20(26)25(29-30)18(3)32/h5,7,10-11,21,23,28H,4,6,8-9,12-16H2,1-3H3/b7-5-/t21-,23+,27-/m0/s1. The first kappa shape index (κ1) is 23.9. The highest BCUT2D eigenvalue weighted by molar-refractivity contribution is 6.06. The number of aromatic nitrogens is 2. The van der Waals surface area contributed by atoms with Crippen LogP contribution < -0.4 is 5.32 Å². The molecule has 0 spiro atoms. The van der Waals surface area contributed by atoms with E-state index < -0.39 is 6.04 Å². The normalized spacial score (nSPS) is 28.0. The van der Waals surface area contributed by atoms with Crippen LogP contribution in [0, 0.1) is 12.3 Å². The topological polar surface area (TPSA) is 93.5 Å². The van der Waals surface area contributed by atoms with Crippen molar-refractivity contribution in [3.63, 3.8) is 0 Å². The molecule has 2 aliphatic heterocycles. The van der Waals surface area contributed by atoms with Crippen LogP contribution in [0.15, 0.2) is 24.3 Å². The average molecular weight is 479 g/mol. The predicted octanol–water partition coefficient (Wildman–Crippen LogP) is 2.95. The number of Topliss-reactive ketones (excluding diaryl/α,β-unsaturated/α-hetero) is 2. The van der Waals surface area contributed by atoms with Gasteiger partial charge in [0.1, 0.15) is 12.2 Å². The molecule has 5 rings (SSSR count). The number of ether oxygens (including phenoxy) is 1. The Morgan fingerprint density at radius 3 is 2.86 bits per heavy atom. The van der Waals surface area contributed by atoms with Crippen LogP contribution in [0.1, 0.15) is 61.1 Å². The van der Waals surface area contributed by atoms with E-state index in [4.69, 9.17) is 4.74 Å².